The highest BCUT2D eigenvalue weighted by molar-refractivity contribution is 5.72. The number of hydrogen-bond acceptors (Lipinski definition) is 4. The van der Waals surface area contributed by atoms with E-state index in [0.29, 0.717) is 12.2 Å². The van der Waals surface area contributed by atoms with E-state index in [1.54, 1.807) is 6.92 Å². The van der Waals surface area contributed by atoms with Crippen molar-refractivity contribution in [3.63, 3.8) is 0 Å². The van der Waals surface area contributed by atoms with E-state index >= 15 is 0 Å². The Labute approximate surface area is 81.5 Å². The molecule has 0 unspecified atom stereocenters. The first-order chi connectivity index (χ1) is 6.69. The standard InChI is InChI=1S/C10H12O4/c1-3-8-10(14-9(12)4-2)7(11)5-6-13-8/h5-6H,3-4H2,1-2H3. The van der Waals surface area contributed by atoms with Gasteiger partial charge in [-0.3, -0.25) is 9.59 Å². The van der Waals surface area contributed by atoms with Crippen LogP contribution in [0.5, 0.6) is 5.75 Å². The molecular weight excluding hydrogens is 184 g/mol. The quantitative estimate of drug-likeness (QED) is 0.688. The molecule has 1 heterocycles. The Morgan fingerprint density at radius 2 is 2.21 bits per heavy atom. The molecule has 4 nitrogen and oxygen atoms in total. The van der Waals surface area contributed by atoms with Gasteiger partial charge in [0.2, 0.25) is 11.2 Å². The molecule has 76 valence electrons. The molecule has 0 radical (unpaired) electrons. The smallest absolute Gasteiger partial charge is 0.311 e. The summed E-state index contributed by atoms with van der Waals surface area (Å²) >= 11 is 0. The molecule has 0 saturated carbocycles. The maximum absolute atomic E-state index is 11.3. The lowest BCUT2D eigenvalue weighted by Gasteiger charge is -2.04. The molecule has 1 aromatic rings. The van der Waals surface area contributed by atoms with Gasteiger partial charge in [0.05, 0.1) is 6.26 Å². The Kier molecular flexibility index (Phi) is 3.45. The van der Waals surface area contributed by atoms with Crippen molar-refractivity contribution in [2.75, 3.05) is 0 Å². The first kappa shape index (κ1) is 10.5. The van der Waals surface area contributed by atoms with Gasteiger partial charge in [-0.25, -0.2) is 0 Å². The highest BCUT2D eigenvalue weighted by Gasteiger charge is 2.12. The highest BCUT2D eigenvalue weighted by Crippen LogP contribution is 2.13. The molecule has 0 fully saturated rings. The molecule has 0 spiro atoms. The fourth-order valence-corrected chi connectivity index (χ4v) is 0.982. The van der Waals surface area contributed by atoms with E-state index in [0.717, 1.165) is 0 Å². The zero-order chi connectivity index (χ0) is 10.6. The molecule has 0 saturated heterocycles. The van der Waals surface area contributed by atoms with Crippen LogP contribution in [0.3, 0.4) is 0 Å². The molecule has 4 heteroatoms. The van der Waals surface area contributed by atoms with E-state index in [-0.39, 0.29) is 17.6 Å². The van der Waals surface area contributed by atoms with Gasteiger partial charge in [0.25, 0.3) is 0 Å². The van der Waals surface area contributed by atoms with Gasteiger partial charge < -0.3 is 9.15 Å². The molecule has 0 atom stereocenters. The van der Waals surface area contributed by atoms with Crippen LogP contribution in [0.4, 0.5) is 0 Å². The van der Waals surface area contributed by atoms with Crippen LogP contribution in [-0.2, 0) is 11.2 Å². The van der Waals surface area contributed by atoms with Crippen LogP contribution >= 0.6 is 0 Å². The minimum Gasteiger partial charge on any atom is -0.465 e. The van der Waals surface area contributed by atoms with Gasteiger partial charge in [0.1, 0.15) is 5.76 Å². The summed E-state index contributed by atoms with van der Waals surface area (Å²) < 4.78 is 9.93. The summed E-state index contributed by atoms with van der Waals surface area (Å²) in [6.07, 6.45) is 2.05. The second kappa shape index (κ2) is 4.60. The van der Waals surface area contributed by atoms with Crippen molar-refractivity contribution < 1.29 is 13.9 Å². The molecule has 0 N–H and O–H groups in total. The number of rotatable bonds is 3. The van der Waals surface area contributed by atoms with E-state index in [4.69, 9.17) is 9.15 Å². The molecule has 1 rings (SSSR count). The van der Waals surface area contributed by atoms with E-state index in [9.17, 15) is 9.59 Å². The van der Waals surface area contributed by atoms with Gasteiger partial charge in [-0.05, 0) is 0 Å². The van der Waals surface area contributed by atoms with Crippen LogP contribution in [0.1, 0.15) is 26.0 Å². The van der Waals surface area contributed by atoms with E-state index < -0.39 is 5.97 Å². The average Bonchev–Trinajstić information content (AvgIpc) is 2.20. The van der Waals surface area contributed by atoms with E-state index in [1.807, 2.05) is 6.92 Å². The van der Waals surface area contributed by atoms with Gasteiger partial charge in [-0.2, -0.15) is 0 Å². The lowest BCUT2D eigenvalue weighted by molar-refractivity contribution is -0.134. The first-order valence-electron chi connectivity index (χ1n) is 4.50. The van der Waals surface area contributed by atoms with Gasteiger partial charge in [0.15, 0.2) is 0 Å². The van der Waals surface area contributed by atoms with Crippen molar-refractivity contribution in [2.45, 2.75) is 26.7 Å². The Balaban J connectivity index is 3.05. The lowest BCUT2D eigenvalue weighted by Crippen LogP contribution is -2.14. The third-order valence-electron chi connectivity index (χ3n) is 1.73. The van der Waals surface area contributed by atoms with Crippen LogP contribution in [0, 0.1) is 0 Å². The summed E-state index contributed by atoms with van der Waals surface area (Å²) in [5, 5.41) is 0. The van der Waals surface area contributed by atoms with Crippen molar-refractivity contribution in [2.24, 2.45) is 0 Å². The zero-order valence-electron chi connectivity index (χ0n) is 8.20. The fourth-order valence-electron chi connectivity index (χ4n) is 0.982. The van der Waals surface area contributed by atoms with Crippen molar-refractivity contribution in [3.05, 3.63) is 28.3 Å². The molecule has 1 aromatic heterocycles. The van der Waals surface area contributed by atoms with Gasteiger partial charge >= 0.3 is 5.97 Å². The topological polar surface area (TPSA) is 56.5 Å². The largest absolute Gasteiger partial charge is 0.465 e. The Bertz CT molecular complexity index is 378. The van der Waals surface area contributed by atoms with Crippen molar-refractivity contribution in [1.82, 2.24) is 0 Å². The Hall–Kier alpha value is -1.58. The fraction of sp³-hybridized carbons (Fsp3) is 0.400. The second-order valence-electron chi connectivity index (χ2n) is 2.72. The molecular formula is C10H12O4. The summed E-state index contributed by atoms with van der Waals surface area (Å²) in [4.78, 5) is 22.3. The Morgan fingerprint density at radius 3 is 2.79 bits per heavy atom. The maximum Gasteiger partial charge on any atom is 0.311 e. The highest BCUT2D eigenvalue weighted by atomic mass is 16.5. The first-order valence-corrected chi connectivity index (χ1v) is 4.50. The summed E-state index contributed by atoms with van der Waals surface area (Å²) in [5.41, 5.74) is -0.324. The number of carbonyl (C=O) groups is 1. The van der Waals surface area contributed by atoms with E-state index in [1.165, 1.54) is 12.3 Å². The molecule has 0 aliphatic rings. The van der Waals surface area contributed by atoms with Crippen LogP contribution in [-0.4, -0.2) is 5.97 Å². The van der Waals surface area contributed by atoms with Crippen molar-refractivity contribution >= 4 is 5.97 Å². The monoisotopic (exact) mass is 196 g/mol. The van der Waals surface area contributed by atoms with Crippen LogP contribution in [0.25, 0.3) is 0 Å². The van der Waals surface area contributed by atoms with Crippen molar-refractivity contribution in [1.29, 1.82) is 0 Å². The summed E-state index contributed by atoms with van der Waals surface area (Å²) in [6, 6.07) is 1.23. The minimum absolute atomic E-state index is 0.0156. The minimum atomic E-state index is -0.432. The van der Waals surface area contributed by atoms with Crippen LogP contribution in [0.2, 0.25) is 0 Å². The average molecular weight is 196 g/mol. The summed E-state index contributed by atoms with van der Waals surface area (Å²) in [5.74, 6) is -0.0145. The number of ether oxygens (including phenoxy) is 1. The third kappa shape index (κ3) is 2.22. The number of carbonyl (C=O) groups excluding carboxylic acids is 1. The third-order valence-corrected chi connectivity index (χ3v) is 1.73. The molecule has 0 aromatic carbocycles. The van der Waals surface area contributed by atoms with Crippen LogP contribution in [0.15, 0.2) is 21.5 Å². The summed E-state index contributed by atoms with van der Waals surface area (Å²) in [7, 11) is 0. The SMILES string of the molecule is CCC(=O)Oc1c(CC)occc1=O. The maximum atomic E-state index is 11.3. The Morgan fingerprint density at radius 1 is 1.50 bits per heavy atom. The molecule has 0 amide bonds. The molecule has 0 bridgehead atoms. The van der Waals surface area contributed by atoms with Gasteiger partial charge in [-0.15, -0.1) is 0 Å². The zero-order valence-corrected chi connectivity index (χ0v) is 8.20. The second-order valence-corrected chi connectivity index (χ2v) is 2.72. The number of aryl methyl sites for hydroxylation is 1. The number of hydrogen-bond donors (Lipinski definition) is 0. The molecule has 0 aliphatic carbocycles. The van der Waals surface area contributed by atoms with Gasteiger partial charge in [0, 0.05) is 18.9 Å². The number of esters is 1. The predicted octanol–water partition coefficient (Wildman–Crippen LogP) is 1.52. The predicted molar refractivity (Wildman–Crippen MR) is 50.3 cm³/mol. The normalized spacial score (nSPS) is 9.86. The summed E-state index contributed by atoms with van der Waals surface area (Å²) in [6.45, 7) is 3.49. The van der Waals surface area contributed by atoms with Crippen LogP contribution < -0.4 is 10.2 Å². The molecule has 14 heavy (non-hydrogen) atoms. The lowest BCUT2D eigenvalue weighted by atomic mass is 10.3. The van der Waals surface area contributed by atoms with Gasteiger partial charge in [-0.1, -0.05) is 13.8 Å². The van der Waals surface area contributed by atoms with Crippen molar-refractivity contribution in [3.8, 4) is 5.75 Å². The van der Waals surface area contributed by atoms with E-state index in [2.05, 4.69) is 0 Å². The molecule has 0 aliphatic heterocycles.